The molecular weight excluding hydrogens is 304 g/mol. The number of hydrogen-bond acceptors (Lipinski definition) is 3. The number of alkyl halides is 1. The van der Waals surface area contributed by atoms with Gasteiger partial charge in [0, 0.05) is 23.6 Å². The maximum atomic E-state index is 5.97. The number of benzene rings is 1. The van der Waals surface area contributed by atoms with E-state index in [1.54, 1.807) is 7.11 Å². The van der Waals surface area contributed by atoms with Crippen molar-refractivity contribution in [2.45, 2.75) is 37.0 Å². The van der Waals surface area contributed by atoms with Crippen molar-refractivity contribution in [3.05, 3.63) is 24.0 Å². The number of fused-ring (bicyclic) bond motifs is 1. The van der Waals surface area contributed by atoms with Gasteiger partial charge in [0.25, 0.3) is 0 Å². The third-order valence-corrected chi connectivity index (χ3v) is 6.10. The zero-order valence-corrected chi connectivity index (χ0v) is 14.1. The highest BCUT2D eigenvalue weighted by Gasteiger charge is 2.37. The van der Waals surface area contributed by atoms with Gasteiger partial charge in [-0.3, -0.25) is 0 Å². The third kappa shape index (κ3) is 2.64. The Kier molecular flexibility index (Phi) is 4.36. The minimum atomic E-state index is 0.373. The summed E-state index contributed by atoms with van der Waals surface area (Å²) in [5.74, 6) is 2.51. The number of aromatic nitrogens is 2. The van der Waals surface area contributed by atoms with Crippen molar-refractivity contribution in [1.29, 1.82) is 0 Å². The van der Waals surface area contributed by atoms with Crippen LogP contribution in [0.1, 0.15) is 25.1 Å². The Balaban J connectivity index is 2.07. The Hall–Kier alpha value is -0.870. The summed E-state index contributed by atoms with van der Waals surface area (Å²) in [6.07, 6.45) is 6.93. The molecule has 1 aliphatic carbocycles. The van der Waals surface area contributed by atoms with Crippen molar-refractivity contribution < 1.29 is 4.74 Å². The van der Waals surface area contributed by atoms with E-state index in [0.717, 1.165) is 35.6 Å². The SMILES string of the molecule is COc1cccc2c1nc(CCCl)n2CC1(SC)CCC1. The number of rotatable bonds is 6. The number of nitrogens with zero attached hydrogens (tertiary/aromatic N) is 2. The lowest BCUT2D eigenvalue weighted by molar-refractivity contribution is 0.322. The Bertz CT molecular complexity index is 631. The molecule has 3 rings (SSSR count). The highest BCUT2D eigenvalue weighted by Crippen LogP contribution is 2.45. The number of aryl methyl sites for hydroxylation is 1. The number of halogens is 1. The largest absolute Gasteiger partial charge is 0.494 e. The van der Waals surface area contributed by atoms with Gasteiger partial charge in [-0.25, -0.2) is 4.98 Å². The minimum absolute atomic E-state index is 0.373. The molecule has 0 bridgehead atoms. The van der Waals surface area contributed by atoms with E-state index < -0.39 is 0 Å². The van der Waals surface area contributed by atoms with Crippen LogP contribution in [0.25, 0.3) is 11.0 Å². The quantitative estimate of drug-likeness (QED) is 0.748. The van der Waals surface area contributed by atoms with Crippen LogP contribution in [0.15, 0.2) is 18.2 Å². The number of ether oxygens (including phenoxy) is 1. The molecule has 21 heavy (non-hydrogen) atoms. The van der Waals surface area contributed by atoms with E-state index in [-0.39, 0.29) is 0 Å². The van der Waals surface area contributed by atoms with E-state index in [4.69, 9.17) is 21.3 Å². The summed E-state index contributed by atoms with van der Waals surface area (Å²) < 4.78 is 8.19. The Morgan fingerprint density at radius 2 is 2.24 bits per heavy atom. The first kappa shape index (κ1) is 15.0. The number of thioether (sulfide) groups is 1. The molecule has 0 radical (unpaired) electrons. The molecule has 0 amide bonds. The van der Waals surface area contributed by atoms with Crippen LogP contribution in [0.2, 0.25) is 0 Å². The second kappa shape index (κ2) is 6.09. The van der Waals surface area contributed by atoms with Crippen LogP contribution < -0.4 is 4.74 Å². The van der Waals surface area contributed by atoms with Crippen LogP contribution in [0.4, 0.5) is 0 Å². The fourth-order valence-corrected chi connectivity index (χ4v) is 4.20. The molecule has 0 N–H and O–H groups in total. The zero-order chi connectivity index (χ0) is 14.9. The fourth-order valence-electron chi connectivity index (χ4n) is 3.07. The fraction of sp³-hybridized carbons (Fsp3) is 0.562. The van der Waals surface area contributed by atoms with Crippen molar-refractivity contribution in [1.82, 2.24) is 9.55 Å². The molecule has 2 aromatic rings. The zero-order valence-electron chi connectivity index (χ0n) is 12.6. The standard InChI is InChI=1S/C16H21ClN2OS/c1-20-13-6-3-5-12-15(13)18-14(7-10-17)19(12)11-16(21-2)8-4-9-16/h3,5-6H,4,7-11H2,1-2H3. The van der Waals surface area contributed by atoms with Gasteiger partial charge in [0.2, 0.25) is 0 Å². The van der Waals surface area contributed by atoms with E-state index in [0.29, 0.717) is 10.6 Å². The van der Waals surface area contributed by atoms with Crippen molar-refractivity contribution >= 4 is 34.4 Å². The maximum absolute atomic E-state index is 5.97. The molecule has 1 fully saturated rings. The molecular formula is C16H21ClN2OS. The molecule has 0 saturated heterocycles. The predicted molar refractivity (Wildman–Crippen MR) is 90.8 cm³/mol. The van der Waals surface area contributed by atoms with Crippen molar-refractivity contribution in [3.8, 4) is 5.75 Å². The number of imidazole rings is 1. The summed E-state index contributed by atoms with van der Waals surface area (Å²) in [7, 11) is 1.70. The molecule has 0 spiro atoms. The van der Waals surface area contributed by atoms with Gasteiger partial charge in [-0.05, 0) is 31.2 Å². The third-order valence-electron chi connectivity index (χ3n) is 4.50. The second-order valence-electron chi connectivity index (χ2n) is 5.62. The summed E-state index contributed by atoms with van der Waals surface area (Å²) in [5.41, 5.74) is 2.12. The minimum Gasteiger partial charge on any atom is -0.494 e. The molecule has 1 saturated carbocycles. The normalized spacial score (nSPS) is 16.9. The highest BCUT2D eigenvalue weighted by molar-refractivity contribution is 8.00. The lowest BCUT2D eigenvalue weighted by Crippen LogP contribution is -2.38. The summed E-state index contributed by atoms with van der Waals surface area (Å²) in [6, 6.07) is 6.14. The summed E-state index contributed by atoms with van der Waals surface area (Å²) in [6.45, 7) is 1.02. The lowest BCUT2D eigenvalue weighted by Gasteiger charge is -2.41. The van der Waals surface area contributed by atoms with Crippen LogP contribution in [-0.4, -0.2) is 33.5 Å². The smallest absolute Gasteiger partial charge is 0.146 e. The average Bonchev–Trinajstić information content (AvgIpc) is 2.80. The summed E-state index contributed by atoms with van der Waals surface area (Å²) in [5, 5.41) is 0. The van der Waals surface area contributed by atoms with Crippen LogP contribution in [0.5, 0.6) is 5.75 Å². The summed E-state index contributed by atoms with van der Waals surface area (Å²) >= 11 is 7.96. The lowest BCUT2D eigenvalue weighted by atomic mass is 9.84. The molecule has 114 valence electrons. The van der Waals surface area contributed by atoms with Gasteiger partial charge in [0.05, 0.1) is 12.6 Å². The van der Waals surface area contributed by atoms with Gasteiger partial charge in [0.15, 0.2) is 0 Å². The number of hydrogen-bond donors (Lipinski definition) is 0. The molecule has 1 aromatic carbocycles. The molecule has 1 aromatic heterocycles. The van der Waals surface area contributed by atoms with E-state index in [9.17, 15) is 0 Å². The average molecular weight is 325 g/mol. The van der Waals surface area contributed by atoms with E-state index in [1.807, 2.05) is 23.9 Å². The first-order valence-electron chi connectivity index (χ1n) is 7.36. The van der Waals surface area contributed by atoms with Crippen LogP contribution in [-0.2, 0) is 13.0 Å². The van der Waals surface area contributed by atoms with Gasteiger partial charge in [-0.2, -0.15) is 11.8 Å². The van der Waals surface area contributed by atoms with Crippen LogP contribution in [0.3, 0.4) is 0 Å². The van der Waals surface area contributed by atoms with Crippen molar-refractivity contribution in [2.24, 2.45) is 0 Å². The second-order valence-corrected chi connectivity index (χ2v) is 7.27. The van der Waals surface area contributed by atoms with Crippen LogP contribution in [0, 0.1) is 0 Å². The van der Waals surface area contributed by atoms with Gasteiger partial charge in [-0.15, -0.1) is 11.6 Å². The first-order chi connectivity index (χ1) is 10.2. The van der Waals surface area contributed by atoms with E-state index >= 15 is 0 Å². The van der Waals surface area contributed by atoms with Gasteiger partial charge in [0.1, 0.15) is 17.1 Å². The topological polar surface area (TPSA) is 27.1 Å². The molecule has 0 aliphatic heterocycles. The molecule has 5 heteroatoms. The molecule has 0 atom stereocenters. The molecule has 0 unspecified atom stereocenters. The highest BCUT2D eigenvalue weighted by atomic mass is 35.5. The Labute approximate surface area is 135 Å². The monoisotopic (exact) mass is 324 g/mol. The van der Waals surface area contributed by atoms with E-state index in [2.05, 4.69) is 16.9 Å². The maximum Gasteiger partial charge on any atom is 0.146 e. The first-order valence-corrected chi connectivity index (χ1v) is 9.12. The van der Waals surface area contributed by atoms with Gasteiger partial charge in [-0.1, -0.05) is 12.5 Å². The van der Waals surface area contributed by atoms with Crippen LogP contribution >= 0.6 is 23.4 Å². The summed E-state index contributed by atoms with van der Waals surface area (Å²) in [4.78, 5) is 4.79. The Morgan fingerprint density at radius 3 is 2.81 bits per heavy atom. The number of para-hydroxylation sites is 1. The molecule has 3 nitrogen and oxygen atoms in total. The van der Waals surface area contributed by atoms with Gasteiger partial charge >= 0.3 is 0 Å². The molecule has 1 heterocycles. The Morgan fingerprint density at radius 1 is 1.43 bits per heavy atom. The van der Waals surface area contributed by atoms with Gasteiger partial charge < -0.3 is 9.30 Å². The predicted octanol–water partition coefficient (Wildman–Crippen LogP) is 4.11. The van der Waals surface area contributed by atoms with E-state index in [1.165, 1.54) is 19.3 Å². The molecule has 1 aliphatic rings. The number of methoxy groups -OCH3 is 1. The van der Waals surface area contributed by atoms with Crippen molar-refractivity contribution in [3.63, 3.8) is 0 Å². The van der Waals surface area contributed by atoms with Crippen molar-refractivity contribution in [2.75, 3.05) is 19.2 Å².